The molecule has 1 aliphatic rings. The molecule has 0 spiro atoms. The number of carbonyl (C=O) groups is 1. The quantitative estimate of drug-likeness (QED) is 0.464. The van der Waals surface area contributed by atoms with Gasteiger partial charge in [-0.05, 0) is 25.7 Å². The molecule has 14 heavy (non-hydrogen) atoms. The molecule has 0 aromatic carbocycles. The van der Waals surface area contributed by atoms with Crippen molar-refractivity contribution in [2.45, 2.75) is 52.4 Å². The zero-order valence-corrected chi connectivity index (χ0v) is 9.42. The Kier molecular flexibility index (Phi) is 4.99. The van der Waals surface area contributed by atoms with Crippen molar-refractivity contribution >= 4 is 5.97 Å². The van der Waals surface area contributed by atoms with Gasteiger partial charge in [-0.3, -0.25) is 4.79 Å². The monoisotopic (exact) mass is 198 g/mol. The predicted molar refractivity (Wildman–Crippen MR) is 57.0 cm³/mol. The molecular formula is C12H22O2. The highest BCUT2D eigenvalue weighted by Crippen LogP contribution is 2.43. The molecule has 0 bridgehead atoms. The van der Waals surface area contributed by atoms with E-state index in [0.717, 1.165) is 6.42 Å². The van der Waals surface area contributed by atoms with Crippen LogP contribution >= 0.6 is 0 Å². The molecule has 1 aliphatic carbocycles. The van der Waals surface area contributed by atoms with Gasteiger partial charge in [0.05, 0.1) is 12.5 Å². The maximum atomic E-state index is 11.3. The van der Waals surface area contributed by atoms with Crippen molar-refractivity contribution in [1.29, 1.82) is 0 Å². The number of ether oxygens (including phenoxy) is 1. The van der Waals surface area contributed by atoms with Crippen LogP contribution in [0, 0.1) is 11.8 Å². The lowest BCUT2D eigenvalue weighted by Gasteiger charge is -2.00. The first-order chi connectivity index (χ1) is 6.79. The van der Waals surface area contributed by atoms with E-state index in [1.54, 1.807) is 0 Å². The first-order valence-corrected chi connectivity index (χ1v) is 5.96. The molecule has 0 N–H and O–H groups in total. The molecule has 0 aromatic heterocycles. The lowest BCUT2D eigenvalue weighted by atomic mass is 10.1. The Hall–Kier alpha value is -0.530. The smallest absolute Gasteiger partial charge is 0.309 e. The van der Waals surface area contributed by atoms with Gasteiger partial charge in [0.2, 0.25) is 0 Å². The minimum absolute atomic E-state index is 0.0352. The molecule has 0 unspecified atom stereocenters. The molecule has 0 amide bonds. The lowest BCUT2D eigenvalue weighted by molar-refractivity contribution is -0.145. The summed E-state index contributed by atoms with van der Waals surface area (Å²) in [6.45, 7) is 4.62. The van der Waals surface area contributed by atoms with E-state index in [9.17, 15) is 4.79 Å². The van der Waals surface area contributed by atoms with Gasteiger partial charge in [-0.2, -0.15) is 0 Å². The Labute approximate surface area is 87.0 Å². The van der Waals surface area contributed by atoms with Gasteiger partial charge in [0.25, 0.3) is 0 Å². The van der Waals surface area contributed by atoms with Crippen molar-refractivity contribution in [3.05, 3.63) is 0 Å². The highest BCUT2D eigenvalue weighted by molar-refractivity contribution is 5.75. The highest BCUT2D eigenvalue weighted by atomic mass is 16.5. The van der Waals surface area contributed by atoms with Crippen molar-refractivity contribution < 1.29 is 9.53 Å². The van der Waals surface area contributed by atoms with Gasteiger partial charge < -0.3 is 4.74 Å². The molecule has 0 aromatic rings. The summed E-state index contributed by atoms with van der Waals surface area (Å²) in [7, 11) is 0. The van der Waals surface area contributed by atoms with Gasteiger partial charge in [0, 0.05) is 0 Å². The number of carbonyl (C=O) groups excluding carboxylic acids is 1. The first-order valence-electron chi connectivity index (χ1n) is 5.96. The van der Waals surface area contributed by atoms with Crippen LogP contribution in [0.15, 0.2) is 0 Å². The molecule has 0 radical (unpaired) electrons. The van der Waals surface area contributed by atoms with Crippen LogP contribution in [0.25, 0.3) is 0 Å². The zero-order valence-electron chi connectivity index (χ0n) is 9.42. The fraction of sp³-hybridized carbons (Fsp3) is 0.917. The van der Waals surface area contributed by atoms with Crippen LogP contribution in [0.5, 0.6) is 0 Å². The fourth-order valence-electron chi connectivity index (χ4n) is 1.94. The molecule has 0 aliphatic heterocycles. The maximum absolute atomic E-state index is 11.3. The van der Waals surface area contributed by atoms with Crippen LogP contribution in [0.3, 0.4) is 0 Å². The average Bonchev–Trinajstić information content (AvgIpc) is 2.92. The van der Waals surface area contributed by atoms with E-state index in [0.29, 0.717) is 12.5 Å². The van der Waals surface area contributed by atoms with Crippen molar-refractivity contribution in [3.63, 3.8) is 0 Å². The molecule has 82 valence electrons. The number of hydrogen-bond acceptors (Lipinski definition) is 2. The molecule has 1 rings (SSSR count). The van der Waals surface area contributed by atoms with Crippen molar-refractivity contribution in [3.8, 4) is 0 Å². The van der Waals surface area contributed by atoms with E-state index in [1.807, 2.05) is 6.92 Å². The molecule has 2 atom stereocenters. The standard InChI is InChI=1S/C12H22O2/c1-3-5-6-7-8-10-9-11(10)12(13)14-4-2/h10-11H,3-9H2,1-2H3/t10-,11-/m1/s1. The van der Waals surface area contributed by atoms with Gasteiger partial charge in [0.1, 0.15) is 0 Å². The van der Waals surface area contributed by atoms with Crippen molar-refractivity contribution in [1.82, 2.24) is 0 Å². The van der Waals surface area contributed by atoms with E-state index >= 15 is 0 Å². The van der Waals surface area contributed by atoms with Gasteiger partial charge in [0.15, 0.2) is 0 Å². The van der Waals surface area contributed by atoms with E-state index in [1.165, 1.54) is 32.1 Å². The molecule has 1 fully saturated rings. The average molecular weight is 198 g/mol. The zero-order chi connectivity index (χ0) is 10.4. The minimum atomic E-state index is 0.0352. The number of hydrogen-bond donors (Lipinski definition) is 0. The van der Waals surface area contributed by atoms with Gasteiger partial charge in [-0.15, -0.1) is 0 Å². The Morgan fingerprint density at radius 2 is 2.07 bits per heavy atom. The summed E-state index contributed by atoms with van der Waals surface area (Å²) in [6, 6.07) is 0. The summed E-state index contributed by atoms with van der Waals surface area (Å²) in [6.07, 6.45) is 7.52. The summed E-state index contributed by atoms with van der Waals surface area (Å²) in [4.78, 5) is 11.3. The van der Waals surface area contributed by atoms with E-state index in [2.05, 4.69) is 6.92 Å². The Morgan fingerprint density at radius 3 is 2.71 bits per heavy atom. The maximum Gasteiger partial charge on any atom is 0.309 e. The third-order valence-corrected chi connectivity index (χ3v) is 2.94. The molecule has 1 saturated carbocycles. The lowest BCUT2D eigenvalue weighted by Crippen LogP contribution is -2.07. The van der Waals surface area contributed by atoms with E-state index in [-0.39, 0.29) is 11.9 Å². The molecular weight excluding hydrogens is 176 g/mol. The fourth-order valence-corrected chi connectivity index (χ4v) is 1.94. The largest absolute Gasteiger partial charge is 0.466 e. The Bertz CT molecular complexity index is 177. The van der Waals surface area contributed by atoms with Crippen LogP contribution in [-0.2, 0) is 9.53 Å². The summed E-state index contributed by atoms with van der Waals surface area (Å²) >= 11 is 0. The summed E-state index contributed by atoms with van der Waals surface area (Å²) < 4.78 is 4.98. The second-order valence-electron chi connectivity index (χ2n) is 4.20. The number of rotatable bonds is 7. The second-order valence-corrected chi connectivity index (χ2v) is 4.20. The summed E-state index contributed by atoms with van der Waals surface area (Å²) in [5.41, 5.74) is 0. The van der Waals surface area contributed by atoms with E-state index in [4.69, 9.17) is 4.74 Å². The Balaban J connectivity index is 1.99. The van der Waals surface area contributed by atoms with Crippen LogP contribution in [0.2, 0.25) is 0 Å². The third-order valence-electron chi connectivity index (χ3n) is 2.94. The predicted octanol–water partition coefficient (Wildman–Crippen LogP) is 3.16. The van der Waals surface area contributed by atoms with Crippen molar-refractivity contribution in [2.24, 2.45) is 11.8 Å². The minimum Gasteiger partial charge on any atom is -0.466 e. The van der Waals surface area contributed by atoms with Gasteiger partial charge >= 0.3 is 5.97 Å². The van der Waals surface area contributed by atoms with Gasteiger partial charge in [-0.1, -0.05) is 32.6 Å². The first kappa shape index (κ1) is 11.5. The van der Waals surface area contributed by atoms with Crippen molar-refractivity contribution in [2.75, 3.05) is 6.61 Å². The number of esters is 1. The SMILES string of the molecule is CCCCCC[C@@H]1C[C@H]1C(=O)OCC. The van der Waals surface area contributed by atoms with Crippen LogP contribution < -0.4 is 0 Å². The third kappa shape index (κ3) is 3.69. The van der Waals surface area contributed by atoms with Crippen LogP contribution in [0.1, 0.15) is 52.4 Å². The molecule has 2 heteroatoms. The molecule has 2 nitrogen and oxygen atoms in total. The van der Waals surface area contributed by atoms with Gasteiger partial charge in [-0.25, -0.2) is 0 Å². The van der Waals surface area contributed by atoms with E-state index < -0.39 is 0 Å². The Morgan fingerprint density at radius 1 is 1.29 bits per heavy atom. The number of unbranched alkanes of at least 4 members (excludes halogenated alkanes) is 3. The summed E-state index contributed by atoms with van der Waals surface area (Å²) in [5.74, 6) is 0.926. The van der Waals surface area contributed by atoms with Crippen LogP contribution in [0.4, 0.5) is 0 Å². The molecule has 0 saturated heterocycles. The second kappa shape index (κ2) is 6.05. The normalized spacial score (nSPS) is 24.7. The summed E-state index contributed by atoms with van der Waals surface area (Å²) in [5, 5.41) is 0. The van der Waals surface area contributed by atoms with Crippen LogP contribution in [-0.4, -0.2) is 12.6 Å². The molecule has 0 heterocycles. The highest BCUT2D eigenvalue weighted by Gasteiger charge is 2.43. The topological polar surface area (TPSA) is 26.3 Å².